The summed E-state index contributed by atoms with van der Waals surface area (Å²) in [5, 5.41) is 4.77. The molecule has 26 heavy (non-hydrogen) atoms. The van der Waals surface area contributed by atoms with Crippen LogP contribution in [0.4, 0.5) is 0 Å². The summed E-state index contributed by atoms with van der Waals surface area (Å²) in [6.07, 6.45) is 0.757. The van der Waals surface area contributed by atoms with E-state index in [9.17, 15) is 4.79 Å². The fourth-order valence-electron chi connectivity index (χ4n) is 3.66. The Hall–Kier alpha value is -1.96. The van der Waals surface area contributed by atoms with E-state index in [4.69, 9.17) is 21.1 Å². The van der Waals surface area contributed by atoms with Crippen LogP contribution in [-0.4, -0.2) is 64.1 Å². The maximum Gasteiger partial charge on any atom is 0.274 e. The summed E-state index contributed by atoms with van der Waals surface area (Å²) in [6.45, 7) is 6.46. The molecule has 0 bridgehead atoms. The second kappa shape index (κ2) is 6.64. The van der Waals surface area contributed by atoms with Crippen molar-refractivity contribution in [1.82, 2.24) is 19.7 Å². The van der Waals surface area contributed by atoms with Crippen LogP contribution < -0.4 is 0 Å². The van der Waals surface area contributed by atoms with Gasteiger partial charge in [-0.15, -0.1) is 0 Å². The van der Waals surface area contributed by atoms with Crippen molar-refractivity contribution in [2.75, 3.05) is 33.0 Å². The average Bonchev–Trinajstić information content (AvgIpc) is 3.22. The molecule has 1 atom stereocenters. The molecule has 0 radical (unpaired) electrons. The third-order valence-corrected chi connectivity index (χ3v) is 5.30. The van der Waals surface area contributed by atoms with Gasteiger partial charge in [-0.1, -0.05) is 11.6 Å². The van der Waals surface area contributed by atoms with Crippen LogP contribution in [0.25, 0.3) is 5.82 Å². The summed E-state index contributed by atoms with van der Waals surface area (Å²) in [6, 6.07) is 5.43. The van der Waals surface area contributed by atoms with E-state index < -0.39 is 5.54 Å². The zero-order valence-electron chi connectivity index (χ0n) is 14.9. The lowest BCUT2D eigenvalue weighted by molar-refractivity contribution is -0.0553. The summed E-state index contributed by atoms with van der Waals surface area (Å²) in [5.41, 5.74) is 1.66. The normalized spacial score (nSPS) is 23.0. The third kappa shape index (κ3) is 2.90. The molecule has 138 valence electrons. The van der Waals surface area contributed by atoms with E-state index in [0.29, 0.717) is 43.8 Å². The Morgan fingerprint density at radius 1 is 1.23 bits per heavy atom. The van der Waals surface area contributed by atoms with Crippen LogP contribution in [0.2, 0.25) is 5.02 Å². The zero-order valence-corrected chi connectivity index (χ0v) is 15.6. The quantitative estimate of drug-likeness (QED) is 0.803. The van der Waals surface area contributed by atoms with Gasteiger partial charge < -0.3 is 14.4 Å². The topological polar surface area (TPSA) is 69.5 Å². The number of hydrogen-bond acceptors (Lipinski definition) is 5. The number of morpholine rings is 1. The van der Waals surface area contributed by atoms with Gasteiger partial charge in [0.25, 0.3) is 5.91 Å². The van der Waals surface area contributed by atoms with Gasteiger partial charge >= 0.3 is 0 Å². The summed E-state index contributed by atoms with van der Waals surface area (Å²) in [4.78, 5) is 19.7. The Bertz CT molecular complexity index is 845. The maximum atomic E-state index is 13.3. The van der Waals surface area contributed by atoms with Crippen molar-refractivity contribution in [3.05, 3.63) is 40.3 Å². The minimum absolute atomic E-state index is 0.188. The van der Waals surface area contributed by atoms with Crippen molar-refractivity contribution in [3.8, 4) is 5.82 Å². The van der Waals surface area contributed by atoms with Gasteiger partial charge in [-0.25, -0.2) is 9.67 Å². The zero-order chi connectivity index (χ0) is 18.3. The summed E-state index contributed by atoms with van der Waals surface area (Å²) < 4.78 is 12.9. The fraction of sp³-hybridized carbons (Fsp3) is 0.500. The average molecular weight is 377 g/mol. The molecule has 7 nitrogen and oxygen atoms in total. The number of aromatic nitrogens is 3. The van der Waals surface area contributed by atoms with E-state index in [0.717, 1.165) is 17.8 Å². The van der Waals surface area contributed by atoms with Crippen LogP contribution in [0.1, 0.15) is 28.3 Å². The van der Waals surface area contributed by atoms with Crippen molar-refractivity contribution >= 4 is 17.5 Å². The molecule has 2 aliphatic heterocycles. The van der Waals surface area contributed by atoms with E-state index in [2.05, 4.69) is 10.1 Å². The number of carbonyl (C=O) groups excluding carboxylic acids is 1. The number of nitrogens with zero attached hydrogens (tertiary/aromatic N) is 4. The van der Waals surface area contributed by atoms with Crippen LogP contribution in [0.3, 0.4) is 0 Å². The van der Waals surface area contributed by atoms with Crippen molar-refractivity contribution in [2.45, 2.75) is 25.8 Å². The summed E-state index contributed by atoms with van der Waals surface area (Å²) in [5.74, 6) is 0.389. The molecule has 2 aromatic rings. The molecule has 2 aliphatic rings. The van der Waals surface area contributed by atoms with E-state index in [1.165, 1.54) is 0 Å². The number of aryl methyl sites for hydroxylation is 2. The van der Waals surface area contributed by atoms with E-state index in [1.54, 1.807) is 16.8 Å². The molecule has 4 heterocycles. The molecule has 1 spiro atoms. The van der Waals surface area contributed by atoms with Crippen LogP contribution in [0.5, 0.6) is 0 Å². The molecular formula is C18H21ClN4O3. The minimum atomic E-state index is -0.422. The molecule has 0 saturated carbocycles. The summed E-state index contributed by atoms with van der Waals surface area (Å²) in [7, 11) is 0. The van der Waals surface area contributed by atoms with Gasteiger partial charge in [-0.2, -0.15) is 5.10 Å². The number of hydrogen-bond donors (Lipinski definition) is 0. The highest BCUT2D eigenvalue weighted by atomic mass is 35.5. The molecule has 8 heteroatoms. The standard InChI is InChI=1S/C18H21ClN4O3/c1-12-9-13(2)23(21-12)15-4-3-14(19)16(20-15)17(24)22-6-8-26-11-18(22)5-7-25-10-18/h3-4,9H,5-8,10-11H2,1-2H3. The van der Waals surface area contributed by atoms with Gasteiger partial charge in [0.05, 0.1) is 36.1 Å². The van der Waals surface area contributed by atoms with E-state index in [1.807, 2.05) is 24.8 Å². The number of carbonyl (C=O) groups is 1. The van der Waals surface area contributed by atoms with Crippen molar-refractivity contribution < 1.29 is 14.3 Å². The van der Waals surface area contributed by atoms with Gasteiger partial charge in [0.1, 0.15) is 5.69 Å². The highest BCUT2D eigenvalue weighted by molar-refractivity contribution is 6.33. The number of halogens is 1. The number of rotatable bonds is 2. The predicted octanol–water partition coefficient (Wildman–Crippen LogP) is 2.17. The lowest BCUT2D eigenvalue weighted by Crippen LogP contribution is -2.59. The smallest absolute Gasteiger partial charge is 0.274 e. The molecule has 0 N–H and O–H groups in total. The first-order valence-electron chi connectivity index (χ1n) is 8.68. The van der Waals surface area contributed by atoms with Gasteiger partial charge in [0.2, 0.25) is 0 Å². The predicted molar refractivity (Wildman–Crippen MR) is 95.9 cm³/mol. The molecule has 2 saturated heterocycles. The lowest BCUT2D eigenvalue weighted by Gasteiger charge is -2.43. The lowest BCUT2D eigenvalue weighted by atomic mass is 9.95. The van der Waals surface area contributed by atoms with E-state index >= 15 is 0 Å². The Morgan fingerprint density at radius 2 is 2.00 bits per heavy atom. The van der Waals surface area contributed by atoms with Crippen molar-refractivity contribution in [1.29, 1.82) is 0 Å². The molecule has 1 amide bonds. The number of amides is 1. The molecule has 4 rings (SSSR count). The van der Waals surface area contributed by atoms with Crippen LogP contribution in [-0.2, 0) is 9.47 Å². The number of pyridine rings is 1. The Labute approximate surface area is 156 Å². The monoisotopic (exact) mass is 376 g/mol. The highest BCUT2D eigenvalue weighted by Gasteiger charge is 2.46. The van der Waals surface area contributed by atoms with Crippen molar-refractivity contribution in [2.24, 2.45) is 0 Å². The number of ether oxygens (including phenoxy) is 2. The van der Waals surface area contributed by atoms with Crippen molar-refractivity contribution in [3.63, 3.8) is 0 Å². The van der Waals surface area contributed by atoms with Crippen LogP contribution >= 0.6 is 11.6 Å². The van der Waals surface area contributed by atoms with Gasteiger partial charge in [0, 0.05) is 18.8 Å². The molecular weight excluding hydrogens is 356 g/mol. The first-order chi connectivity index (χ1) is 12.5. The van der Waals surface area contributed by atoms with Crippen LogP contribution in [0.15, 0.2) is 18.2 Å². The second-order valence-corrected chi connectivity index (χ2v) is 7.28. The molecule has 0 aromatic carbocycles. The van der Waals surface area contributed by atoms with Crippen LogP contribution in [0, 0.1) is 13.8 Å². The molecule has 2 fully saturated rings. The maximum absolute atomic E-state index is 13.3. The molecule has 1 unspecified atom stereocenters. The Kier molecular flexibility index (Phi) is 4.46. The first-order valence-corrected chi connectivity index (χ1v) is 9.06. The Balaban J connectivity index is 1.71. The molecule has 0 aliphatic carbocycles. The third-order valence-electron chi connectivity index (χ3n) is 4.99. The van der Waals surface area contributed by atoms with E-state index in [-0.39, 0.29) is 11.6 Å². The minimum Gasteiger partial charge on any atom is -0.379 e. The Morgan fingerprint density at radius 3 is 2.69 bits per heavy atom. The summed E-state index contributed by atoms with van der Waals surface area (Å²) >= 11 is 6.34. The van der Waals surface area contributed by atoms with Gasteiger partial charge in [0.15, 0.2) is 5.82 Å². The molecule has 2 aromatic heterocycles. The first kappa shape index (κ1) is 17.5. The second-order valence-electron chi connectivity index (χ2n) is 6.88. The highest BCUT2D eigenvalue weighted by Crippen LogP contribution is 2.31. The van der Waals surface area contributed by atoms with Gasteiger partial charge in [-0.05, 0) is 38.5 Å². The SMILES string of the molecule is Cc1cc(C)n(-c2ccc(Cl)c(C(=O)N3CCOCC34CCOC4)n2)n1. The largest absolute Gasteiger partial charge is 0.379 e. The van der Waals surface area contributed by atoms with Gasteiger partial charge in [-0.3, -0.25) is 4.79 Å². The fourth-order valence-corrected chi connectivity index (χ4v) is 3.85.